The van der Waals surface area contributed by atoms with E-state index < -0.39 is 47.4 Å². The van der Waals surface area contributed by atoms with Crippen LogP contribution >= 0.6 is 0 Å². The van der Waals surface area contributed by atoms with Crippen LogP contribution in [-0.2, 0) is 37.4 Å². The number of aromatic nitrogens is 2. The molecule has 51 heavy (non-hydrogen) atoms. The third-order valence-electron chi connectivity index (χ3n) is 9.17. The van der Waals surface area contributed by atoms with Crippen LogP contribution in [0.3, 0.4) is 0 Å². The Labute approximate surface area is 296 Å². The predicted molar refractivity (Wildman–Crippen MR) is 188 cm³/mol. The Kier molecular flexibility index (Phi) is 11.9. The number of carbonyl (C=O) groups excluding carboxylic acids is 5. The number of piperidine rings is 1. The van der Waals surface area contributed by atoms with Gasteiger partial charge in [0.15, 0.2) is 5.60 Å². The average Bonchev–Trinajstić information content (AvgIpc) is 3.43. The Balaban J connectivity index is 1.33. The summed E-state index contributed by atoms with van der Waals surface area (Å²) in [5, 5.41) is 18.1. The summed E-state index contributed by atoms with van der Waals surface area (Å²) in [4.78, 5) is 68.6. The SMILES string of the molecule is Cc1c(NC(=O)CN2CCC3(CC2)Oc2ccc(cc2)OCCNC(=O)[C@H](C)NC(=O)[C@H](Cc2ccccc2)NC(=O)[C@H](C)NC3=O)cnn1C. The zero-order valence-corrected chi connectivity index (χ0v) is 29.4. The summed E-state index contributed by atoms with van der Waals surface area (Å²) in [6.07, 6.45) is 2.24. The lowest BCUT2D eigenvalue weighted by molar-refractivity contribution is -0.144. The van der Waals surface area contributed by atoms with Crippen molar-refractivity contribution >= 4 is 35.2 Å². The second-order valence-corrected chi connectivity index (χ2v) is 13.0. The van der Waals surface area contributed by atoms with Crippen molar-refractivity contribution in [1.82, 2.24) is 35.9 Å². The largest absolute Gasteiger partial charge is 0.492 e. The van der Waals surface area contributed by atoms with Gasteiger partial charge in [0.05, 0.1) is 30.7 Å². The number of fused-ring (bicyclic) bond motifs is 15. The molecule has 0 saturated carbocycles. The quantitative estimate of drug-likeness (QED) is 0.240. The first-order valence-electron chi connectivity index (χ1n) is 17.1. The maximum atomic E-state index is 14.1. The Morgan fingerprint density at radius 1 is 0.902 bits per heavy atom. The molecule has 5 N–H and O–H groups in total. The zero-order valence-electron chi connectivity index (χ0n) is 29.4. The molecular formula is C36H46N8O7. The van der Waals surface area contributed by atoms with Crippen LogP contribution in [0, 0.1) is 6.92 Å². The lowest BCUT2D eigenvalue weighted by atomic mass is 9.89. The molecular weight excluding hydrogens is 656 g/mol. The summed E-state index contributed by atoms with van der Waals surface area (Å²) < 4.78 is 13.9. The topological polar surface area (TPSA) is 185 Å². The maximum Gasteiger partial charge on any atom is 0.264 e. The second-order valence-electron chi connectivity index (χ2n) is 13.0. The van der Waals surface area contributed by atoms with Crippen LogP contribution in [0.2, 0.25) is 0 Å². The monoisotopic (exact) mass is 702 g/mol. The smallest absolute Gasteiger partial charge is 0.264 e. The number of nitrogens with zero attached hydrogens (tertiary/aromatic N) is 3. The fourth-order valence-electron chi connectivity index (χ4n) is 5.92. The van der Waals surface area contributed by atoms with Crippen molar-refractivity contribution in [2.24, 2.45) is 7.05 Å². The molecule has 3 aliphatic rings. The first-order chi connectivity index (χ1) is 24.4. The minimum Gasteiger partial charge on any atom is -0.492 e. The molecule has 3 aliphatic heterocycles. The van der Waals surface area contributed by atoms with Gasteiger partial charge in [-0.2, -0.15) is 5.10 Å². The Morgan fingerprint density at radius 2 is 1.57 bits per heavy atom. The van der Waals surface area contributed by atoms with E-state index >= 15 is 0 Å². The van der Waals surface area contributed by atoms with Gasteiger partial charge in [-0.05, 0) is 50.6 Å². The van der Waals surface area contributed by atoms with Gasteiger partial charge in [0.25, 0.3) is 5.91 Å². The van der Waals surface area contributed by atoms with Crippen molar-refractivity contribution in [3.8, 4) is 11.5 Å². The summed E-state index contributed by atoms with van der Waals surface area (Å²) >= 11 is 0. The van der Waals surface area contributed by atoms with E-state index in [1.54, 1.807) is 49.1 Å². The van der Waals surface area contributed by atoms with Gasteiger partial charge in [-0.25, -0.2) is 0 Å². The first-order valence-corrected chi connectivity index (χ1v) is 17.1. The standard InChI is InChI=1S/C36H46N8O7/c1-23-32(46)37-16-19-50-27-10-12-28(13-11-27)51-36(14-17-44(18-15-36)22-31(45)41-30-21-38-43(4)25(30)3)35(49)40-24(2)33(47)42-29(34(48)39-23)20-26-8-6-5-7-9-26/h5-13,21,23-24,29H,14-20,22H2,1-4H3,(H,37,46)(H,39,48)(H,40,49)(H,41,45)(H,42,47)/t23-,24-,29-/m0/s1. The maximum absolute atomic E-state index is 14.1. The molecule has 2 aromatic carbocycles. The number of benzene rings is 2. The number of likely N-dealkylation sites (tertiary alicyclic amines) is 1. The molecule has 272 valence electrons. The summed E-state index contributed by atoms with van der Waals surface area (Å²) in [5.41, 5.74) is 0.909. The number of hydrogen-bond acceptors (Lipinski definition) is 9. The van der Waals surface area contributed by atoms with Crippen molar-refractivity contribution in [2.45, 2.75) is 63.8 Å². The predicted octanol–water partition coefficient (Wildman–Crippen LogP) is 0.826. The average molecular weight is 703 g/mol. The van der Waals surface area contributed by atoms with Crippen molar-refractivity contribution in [1.29, 1.82) is 0 Å². The Morgan fingerprint density at radius 3 is 2.24 bits per heavy atom. The molecule has 15 nitrogen and oxygen atoms in total. The highest BCUT2D eigenvalue weighted by molar-refractivity contribution is 5.95. The second kappa shape index (κ2) is 16.5. The van der Waals surface area contributed by atoms with E-state index in [4.69, 9.17) is 9.47 Å². The molecule has 4 heterocycles. The number of aryl methyl sites for hydroxylation is 1. The third kappa shape index (κ3) is 9.63. The summed E-state index contributed by atoms with van der Waals surface area (Å²) in [7, 11) is 1.80. The van der Waals surface area contributed by atoms with Gasteiger partial charge in [-0.15, -0.1) is 0 Å². The number of carbonyl (C=O) groups is 5. The molecule has 15 heteroatoms. The van der Waals surface area contributed by atoms with Crippen molar-refractivity contribution < 1.29 is 33.4 Å². The Bertz CT molecular complexity index is 1700. The lowest BCUT2D eigenvalue weighted by Gasteiger charge is -2.40. The van der Waals surface area contributed by atoms with Crippen molar-refractivity contribution in [2.75, 3.05) is 38.1 Å². The van der Waals surface area contributed by atoms with Crippen LogP contribution in [0.25, 0.3) is 0 Å². The van der Waals surface area contributed by atoms with E-state index in [0.717, 1.165) is 11.3 Å². The summed E-state index contributed by atoms with van der Waals surface area (Å²) in [6, 6.07) is 13.0. The van der Waals surface area contributed by atoms with E-state index in [0.29, 0.717) is 30.3 Å². The van der Waals surface area contributed by atoms with Crippen molar-refractivity contribution in [3.63, 3.8) is 0 Å². The molecule has 0 radical (unpaired) electrons. The minimum atomic E-state index is -1.36. The molecule has 5 amide bonds. The molecule has 0 aliphatic carbocycles. The molecule has 1 aromatic heterocycles. The van der Waals surface area contributed by atoms with Gasteiger partial charge in [-0.3, -0.25) is 33.6 Å². The number of nitrogens with one attached hydrogen (secondary N) is 5. The van der Waals surface area contributed by atoms with Gasteiger partial charge in [0.1, 0.15) is 36.2 Å². The van der Waals surface area contributed by atoms with Gasteiger partial charge in [0.2, 0.25) is 23.6 Å². The molecule has 0 unspecified atom stereocenters. The number of ether oxygens (including phenoxy) is 2. The Hall–Kier alpha value is -5.44. The van der Waals surface area contributed by atoms with E-state index in [-0.39, 0.29) is 44.9 Å². The molecule has 3 atom stereocenters. The summed E-state index contributed by atoms with van der Waals surface area (Å²) in [5.74, 6) is -1.28. The number of anilines is 1. The number of amides is 5. The van der Waals surface area contributed by atoms with E-state index in [1.807, 2.05) is 42.2 Å². The molecule has 2 bridgehead atoms. The highest BCUT2D eigenvalue weighted by atomic mass is 16.5. The highest BCUT2D eigenvalue weighted by Gasteiger charge is 2.45. The minimum absolute atomic E-state index is 0.112. The molecule has 1 spiro atoms. The molecule has 3 aromatic rings. The fourth-order valence-corrected chi connectivity index (χ4v) is 5.92. The zero-order chi connectivity index (χ0) is 36.5. The third-order valence-corrected chi connectivity index (χ3v) is 9.17. The van der Waals surface area contributed by atoms with E-state index in [9.17, 15) is 24.0 Å². The lowest BCUT2D eigenvalue weighted by Crippen LogP contribution is -2.61. The summed E-state index contributed by atoms with van der Waals surface area (Å²) in [6.45, 7) is 6.18. The van der Waals surface area contributed by atoms with E-state index in [1.165, 1.54) is 6.92 Å². The molecule has 1 saturated heterocycles. The van der Waals surface area contributed by atoms with Crippen LogP contribution < -0.4 is 36.1 Å². The molecule has 6 rings (SSSR count). The number of rotatable bonds is 5. The van der Waals surface area contributed by atoms with Gasteiger partial charge in [-0.1, -0.05) is 30.3 Å². The van der Waals surface area contributed by atoms with Crippen molar-refractivity contribution in [3.05, 3.63) is 72.1 Å². The van der Waals surface area contributed by atoms with Crippen LogP contribution in [0.1, 0.15) is 37.9 Å². The number of hydrogen-bond donors (Lipinski definition) is 5. The fraction of sp³-hybridized carbons (Fsp3) is 0.444. The first kappa shape index (κ1) is 36.8. The van der Waals surface area contributed by atoms with Crippen LogP contribution in [0.5, 0.6) is 11.5 Å². The van der Waals surface area contributed by atoms with E-state index in [2.05, 4.69) is 31.7 Å². The molecule has 1 fully saturated rings. The highest BCUT2D eigenvalue weighted by Crippen LogP contribution is 2.31. The van der Waals surface area contributed by atoms with Crippen LogP contribution in [-0.4, -0.2) is 101 Å². The van der Waals surface area contributed by atoms with Gasteiger partial charge >= 0.3 is 0 Å². The van der Waals surface area contributed by atoms with Crippen LogP contribution in [0.4, 0.5) is 5.69 Å². The van der Waals surface area contributed by atoms with Crippen LogP contribution in [0.15, 0.2) is 60.8 Å². The van der Waals surface area contributed by atoms with Gasteiger partial charge in [0, 0.05) is 39.4 Å². The van der Waals surface area contributed by atoms with Gasteiger partial charge < -0.3 is 36.1 Å². The normalized spacial score (nSPS) is 22.1.